The van der Waals surface area contributed by atoms with Gasteiger partial charge in [-0.3, -0.25) is 0 Å². The van der Waals surface area contributed by atoms with Crippen LogP contribution >= 0.6 is 22.7 Å². The predicted octanol–water partition coefficient (Wildman–Crippen LogP) is 28.1. The molecule has 2 aliphatic rings. The number of aliphatic hydroxyl groups is 1. The van der Waals surface area contributed by atoms with Gasteiger partial charge in [-0.25, -0.2) is 0 Å². The van der Waals surface area contributed by atoms with E-state index in [2.05, 4.69) is 328 Å². The third-order valence-electron chi connectivity index (χ3n) is 19.5. The largest absolute Gasteiger partial charge is 0.497 e. The molecular weight excluding hydrogens is 1310 g/mol. The fraction of sp³-hybridized carbons (Fsp3) is 0.299. The van der Waals surface area contributed by atoms with Gasteiger partial charge in [-0.1, -0.05) is 266 Å². The predicted molar refractivity (Wildman–Crippen MR) is 454 cm³/mol. The number of thiophene rings is 2. The SMILES string of the molecule is CC(C)c1ccc(-n2c3ccccc3c3ccccc32)cc1.CC(C)c1ccc2c3c4c(ccc13)CC=CC4=CC2.COc1ccc(C(C)C)c(CO)c1.COc1ccc(C(C)C)c2ccccc12.COc1ccc(C(C)C)cc1.Cc1ccc(-c2ccc(C(C)C)s2)s1.Cc1ccc(C(C)C)cc1. The lowest BCUT2D eigenvalue weighted by molar-refractivity contribution is 0.279. The Kier molecular flexibility index (Phi) is 28.4. The van der Waals surface area contributed by atoms with Crippen molar-refractivity contribution in [3.8, 4) is 32.7 Å². The van der Waals surface area contributed by atoms with Crippen molar-refractivity contribution in [2.24, 2.45) is 0 Å². The summed E-state index contributed by atoms with van der Waals surface area (Å²) >= 11 is 3.79. The summed E-state index contributed by atoms with van der Waals surface area (Å²) in [6, 6.07) is 79.8. The summed E-state index contributed by atoms with van der Waals surface area (Å²) in [4.78, 5) is 5.68. The first-order valence-corrected chi connectivity index (χ1v) is 38.9. The zero-order valence-corrected chi connectivity index (χ0v) is 66.8. The van der Waals surface area contributed by atoms with E-state index < -0.39 is 0 Å². The van der Waals surface area contributed by atoms with E-state index >= 15 is 0 Å². The molecule has 13 aromatic rings. The Balaban J connectivity index is 0.000000143. The topological polar surface area (TPSA) is 52.9 Å². The fourth-order valence-corrected chi connectivity index (χ4v) is 15.4. The monoisotopic (exact) mass is 1420 g/mol. The first kappa shape index (κ1) is 78.9. The number of para-hydroxylation sites is 2. The number of hydrogen-bond donors (Lipinski definition) is 1. The van der Waals surface area contributed by atoms with Gasteiger partial charge in [-0.05, 0) is 224 Å². The number of aromatic nitrogens is 1. The Labute approximate surface area is 630 Å². The van der Waals surface area contributed by atoms with Crippen LogP contribution in [-0.4, -0.2) is 31.0 Å². The first-order valence-electron chi connectivity index (χ1n) is 37.3. The highest BCUT2D eigenvalue weighted by Crippen LogP contribution is 2.42. The van der Waals surface area contributed by atoms with Crippen LogP contribution in [0.3, 0.4) is 0 Å². The molecule has 3 aromatic heterocycles. The molecule has 0 saturated carbocycles. The average molecular weight is 1420 g/mol. The first-order chi connectivity index (χ1) is 50.0. The van der Waals surface area contributed by atoms with Gasteiger partial charge in [0.15, 0.2) is 0 Å². The van der Waals surface area contributed by atoms with Gasteiger partial charge in [0.2, 0.25) is 0 Å². The second-order valence-electron chi connectivity index (χ2n) is 29.3. The standard InChI is InChI=1S/C21H19N.C19H18.C14H16O.C12H14S2.C11H16O2.C10H14O.C10H14/c1-15(2)16-11-13-17(14-12-16)22-20-9-5-3-7-18(20)19-8-4-6-10-21(19)22;1-12(2)16-10-8-15-7-6-13-4-3-5-14-9-11-17(16)19(15)18(13)14;1-10(2)11-8-9-14(15-3)13-7-5-4-6-12(11)13;1-8(2)10-6-7-12(14-10)11-5-4-9(3)13-11;1-8(2)11-5-4-10(13-3)6-9(11)7-12;1-8(2)9-4-6-10(11-3)7-5-9;1-8(2)10-6-4-9(3)5-7-10/h3-15H,1-2H3;3-4,6,8-12H,5,7H2,1-2H3;4-10H,1-3H3;4-8H,1-3H3;4-6,8,12H,7H2,1-3H3;4-8H,1-3H3;4-8H,1-3H3. The van der Waals surface area contributed by atoms with E-state index in [0.29, 0.717) is 41.4 Å². The summed E-state index contributed by atoms with van der Waals surface area (Å²) in [5.41, 5.74) is 20.2. The van der Waals surface area contributed by atoms with Crippen LogP contribution in [0, 0.1) is 13.8 Å². The number of nitrogens with zero attached hydrogens (tertiary/aromatic N) is 1. The van der Waals surface area contributed by atoms with Gasteiger partial charge in [-0.2, -0.15) is 0 Å². The average Bonchev–Trinajstić information content (AvgIpc) is 1.39. The van der Waals surface area contributed by atoms with Crippen molar-refractivity contribution in [1.82, 2.24) is 4.57 Å². The van der Waals surface area contributed by atoms with E-state index in [9.17, 15) is 0 Å². The van der Waals surface area contributed by atoms with Crippen molar-refractivity contribution in [3.63, 3.8) is 0 Å². The van der Waals surface area contributed by atoms with E-state index in [1.54, 1.807) is 21.3 Å². The second-order valence-corrected chi connectivity index (χ2v) is 31.7. The Morgan fingerprint density at radius 1 is 0.404 bits per heavy atom. The molecule has 1 N–H and O–H groups in total. The molecule has 0 radical (unpaired) electrons. The molecule has 0 atom stereocenters. The lowest BCUT2D eigenvalue weighted by Crippen LogP contribution is -2.06. The molecule has 3 heterocycles. The summed E-state index contributed by atoms with van der Waals surface area (Å²) in [5.74, 6) is 6.70. The molecule has 0 spiro atoms. The van der Waals surface area contributed by atoms with Crippen LogP contribution in [0.4, 0.5) is 0 Å². The van der Waals surface area contributed by atoms with Crippen LogP contribution in [0.2, 0.25) is 0 Å². The van der Waals surface area contributed by atoms with Crippen molar-refractivity contribution >= 4 is 71.6 Å². The van der Waals surface area contributed by atoms with Gasteiger partial charge in [0.05, 0.1) is 39.0 Å². The molecule has 2 aliphatic carbocycles. The maximum Gasteiger partial charge on any atom is 0.126 e. The minimum atomic E-state index is 0.0741. The number of rotatable bonds is 13. The molecule has 15 rings (SSSR count). The zero-order valence-electron chi connectivity index (χ0n) is 65.2. The van der Waals surface area contributed by atoms with Gasteiger partial charge in [0.25, 0.3) is 0 Å². The molecule has 0 fully saturated rings. The number of benzene rings is 10. The molecule has 10 aromatic carbocycles. The number of ether oxygens (including phenoxy) is 3. The molecule has 0 bridgehead atoms. The van der Waals surface area contributed by atoms with Crippen LogP contribution in [0.15, 0.2) is 243 Å². The smallest absolute Gasteiger partial charge is 0.126 e. The highest BCUT2D eigenvalue weighted by Gasteiger charge is 2.22. The highest BCUT2D eigenvalue weighted by molar-refractivity contribution is 7.22. The summed E-state index contributed by atoms with van der Waals surface area (Å²) in [6.45, 7) is 35.3. The lowest BCUT2D eigenvalue weighted by atomic mass is 9.79. The zero-order chi connectivity index (χ0) is 74.7. The molecule has 0 unspecified atom stereocenters. The normalized spacial score (nSPS) is 11.9. The minimum absolute atomic E-state index is 0.0741. The van der Waals surface area contributed by atoms with Gasteiger partial charge in [0.1, 0.15) is 17.2 Å². The molecule has 540 valence electrons. The van der Waals surface area contributed by atoms with E-state index in [1.807, 2.05) is 53.0 Å². The van der Waals surface area contributed by atoms with E-state index in [0.717, 1.165) is 35.7 Å². The quantitative estimate of drug-likeness (QED) is 0.125. The van der Waals surface area contributed by atoms with Crippen LogP contribution in [0.25, 0.3) is 64.4 Å². The van der Waals surface area contributed by atoms with Crippen molar-refractivity contribution in [1.29, 1.82) is 0 Å². The maximum atomic E-state index is 9.13. The van der Waals surface area contributed by atoms with Crippen molar-refractivity contribution in [2.75, 3.05) is 21.3 Å². The Bertz CT molecular complexity index is 4900. The minimum Gasteiger partial charge on any atom is -0.497 e. The number of methoxy groups -OCH3 is 3. The number of allylic oxidation sites excluding steroid dienone is 4. The lowest BCUT2D eigenvalue weighted by Gasteiger charge is -2.24. The maximum absolute atomic E-state index is 9.13. The summed E-state index contributed by atoms with van der Waals surface area (Å²) in [5, 5.41) is 17.2. The van der Waals surface area contributed by atoms with E-state index in [1.165, 1.54) is 130 Å². The molecule has 0 aliphatic heterocycles. The third-order valence-corrected chi connectivity index (χ3v) is 22.1. The van der Waals surface area contributed by atoms with Gasteiger partial charge >= 0.3 is 0 Å². The molecule has 5 nitrogen and oxygen atoms in total. The molecule has 0 amide bonds. The number of hydrogen-bond acceptors (Lipinski definition) is 6. The van der Waals surface area contributed by atoms with Crippen molar-refractivity contribution < 1.29 is 19.3 Å². The van der Waals surface area contributed by atoms with E-state index in [4.69, 9.17) is 19.3 Å². The van der Waals surface area contributed by atoms with Gasteiger partial charge < -0.3 is 23.9 Å². The van der Waals surface area contributed by atoms with Crippen LogP contribution in [0.1, 0.15) is 209 Å². The number of aliphatic hydroxyl groups excluding tert-OH is 1. The van der Waals surface area contributed by atoms with Crippen LogP contribution in [0.5, 0.6) is 17.2 Å². The Morgan fingerprint density at radius 2 is 0.894 bits per heavy atom. The van der Waals surface area contributed by atoms with Gasteiger partial charge in [-0.15, -0.1) is 22.7 Å². The molecule has 7 heteroatoms. The molecular formula is C97H111NO4S2. The Morgan fingerprint density at radius 3 is 1.41 bits per heavy atom. The van der Waals surface area contributed by atoms with Gasteiger partial charge in [0, 0.05) is 41.4 Å². The Hall–Kier alpha value is -9.24. The summed E-state index contributed by atoms with van der Waals surface area (Å²) in [6.07, 6.45) is 9.12. The highest BCUT2D eigenvalue weighted by atomic mass is 32.1. The summed E-state index contributed by atoms with van der Waals surface area (Å²) in [7, 11) is 5.03. The van der Waals surface area contributed by atoms with E-state index in [-0.39, 0.29) is 6.61 Å². The number of aryl methyl sites for hydroxylation is 2. The summed E-state index contributed by atoms with van der Waals surface area (Å²) < 4.78 is 17.8. The van der Waals surface area contributed by atoms with Crippen molar-refractivity contribution in [2.45, 2.75) is 172 Å². The van der Waals surface area contributed by atoms with Crippen LogP contribution in [-0.2, 0) is 19.4 Å². The second kappa shape index (κ2) is 37.5. The molecule has 0 saturated heterocycles. The fourth-order valence-electron chi connectivity index (χ4n) is 13.4. The van der Waals surface area contributed by atoms with Crippen LogP contribution < -0.4 is 14.2 Å². The number of fused-ring (bicyclic) bond motifs is 4. The third kappa shape index (κ3) is 19.8. The van der Waals surface area contributed by atoms with Crippen molar-refractivity contribution in [3.05, 3.63) is 314 Å². The molecule has 104 heavy (non-hydrogen) atoms.